The number of alkyl halides is 3. The Morgan fingerprint density at radius 2 is 1.67 bits per heavy atom. The van der Waals surface area contributed by atoms with Crippen molar-refractivity contribution in [3.05, 3.63) is 94.5 Å². The van der Waals surface area contributed by atoms with Crippen LogP contribution < -0.4 is 9.62 Å². The van der Waals surface area contributed by atoms with E-state index < -0.39 is 46.2 Å². The third-order valence-electron chi connectivity index (χ3n) is 6.64. The molecule has 0 spiro atoms. The van der Waals surface area contributed by atoms with Gasteiger partial charge >= 0.3 is 6.18 Å². The number of carbonyl (C=O) groups excluding carboxylic acids is 2. The Kier molecular flexibility index (Phi) is 11.0. The van der Waals surface area contributed by atoms with Crippen LogP contribution in [0, 0.1) is 6.92 Å². The number of carbonyl (C=O) groups is 2. The summed E-state index contributed by atoms with van der Waals surface area (Å²) in [5.74, 6) is -1.27. The van der Waals surface area contributed by atoms with Gasteiger partial charge in [-0.25, -0.2) is 8.42 Å². The summed E-state index contributed by atoms with van der Waals surface area (Å²) in [4.78, 5) is 27.9. The molecule has 7 nitrogen and oxygen atoms in total. The first-order valence-electron chi connectivity index (χ1n) is 13.3. The zero-order chi connectivity index (χ0) is 31.1. The Morgan fingerprint density at radius 3 is 2.29 bits per heavy atom. The SMILES string of the molecule is CCCCNC(=O)[C@@H](C)N(Cc1ccccc1Cl)C(=O)CN(c1cccc(C(F)(F)F)c1)S(=O)(=O)c1ccc(C)cc1. The number of sulfonamides is 1. The van der Waals surface area contributed by atoms with Crippen LogP contribution in [0.1, 0.15) is 43.4 Å². The fourth-order valence-electron chi connectivity index (χ4n) is 4.13. The molecule has 0 saturated carbocycles. The molecule has 3 rings (SSSR count). The summed E-state index contributed by atoms with van der Waals surface area (Å²) in [5.41, 5.74) is -0.151. The second kappa shape index (κ2) is 14.1. The van der Waals surface area contributed by atoms with Crippen molar-refractivity contribution in [2.75, 3.05) is 17.4 Å². The second-order valence-electron chi connectivity index (χ2n) is 9.81. The van der Waals surface area contributed by atoms with Crippen LogP contribution in [0.3, 0.4) is 0 Å². The van der Waals surface area contributed by atoms with Gasteiger partial charge in [0.15, 0.2) is 0 Å². The number of aryl methyl sites for hydroxylation is 1. The van der Waals surface area contributed by atoms with Gasteiger partial charge in [-0.2, -0.15) is 13.2 Å². The van der Waals surface area contributed by atoms with E-state index in [0.717, 1.165) is 30.5 Å². The molecule has 0 fully saturated rings. The highest BCUT2D eigenvalue weighted by molar-refractivity contribution is 7.92. The molecule has 0 aromatic heterocycles. The minimum absolute atomic E-state index is 0.137. The lowest BCUT2D eigenvalue weighted by atomic mass is 10.1. The smallest absolute Gasteiger partial charge is 0.354 e. The fraction of sp³-hybridized carbons (Fsp3) is 0.333. The summed E-state index contributed by atoms with van der Waals surface area (Å²) < 4.78 is 69.1. The molecule has 3 aromatic rings. The van der Waals surface area contributed by atoms with Crippen LogP contribution in [0.2, 0.25) is 5.02 Å². The van der Waals surface area contributed by atoms with Crippen molar-refractivity contribution in [2.45, 2.75) is 57.3 Å². The topological polar surface area (TPSA) is 86.8 Å². The van der Waals surface area contributed by atoms with Gasteiger partial charge in [0.1, 0.15) is 12.6 Å². The molecule has 0 saturated heterocycles. The highest BCUT2D eigenvalue weighted by Crippen LogP contribution is 2.33. The summed E-state index contributed by atoms with van der Waals surface area (Å²) in [7, 11) is -4.51. The number of anilines is 1. The second-order valence-corrected chi connectivity index (χ2v) is 12.1. The van der Waals surface area contributed by atoms with Gasteiger partial charge in [-0.1, -0.05) is 66.9 Å². The third kappa shape index (κ3) is 8.25. The summed E-state index contributed by atoms with van der Waals surface area (Å²) in [6.07, 6.45) is -3.20. The van der Waals surface area contributed by atoms with Crippen molar-refractivity contribution in [1.82, 2.24) is 10.2 Å². The van der Waals surface area contributed by atoms with Crippen LogP contribution in [0.25, 0.3) is 0 Å². The van der Waals surface area contributed by atoms with Crippen LogP contribution in [0.5, 0.6) is 0 Å². The van der Waals surface area contributed by atoms with Gasteiger partial charge in [-0.3, -0.25) is 13.9 Å². The molecule has 12 heteroatoms. The molecule has 0 aliphatic heterocycles. The van der Waals surface area contributed by atoms with Crippen molar-refractivity contribution >= 4 is 39.1 Å². The largest absolute Gasteiger partial charge is 0.416 e. The molecular formula is C30H33ClF3N3O4S. The number of unbranched alkanes of at least 4 members (excludes halogenated alkanes) is 1. The molecule has 1 N–H and O–H groups in total. The molecule has 42 heavy (non-hydrogen) atoms. The average Bonchev–Trinajstić information content (AvgIpc) is 2.94. The monoisotopic (exact) mass is 623 g/mol. The lowest BCUT2D eigenvalue weighted by molar-refractivity contribution is -0.139. The van der Waals surface area contributed by atoms with Crippen molar-refractivity contribution in [1.29, 1.82) is 0 Å². The predicted molar refractivity (Wildman–Crippen MR) is 157 cm³/mol. The summed E-state index contributed by atoms with van der Waals surface area (Å²) in [6, 6.07) is 15.1. The normalized spacial score (nSPS) is 12.5. The van der Waals surface area contributed by atoms with E-state index >= 15 is 0 Å². The zero-order valence-corrected chi connectivity index (χ0v) is 25.1. The van der Waals surface area contributed by atoms with Crippen molar-refractivity contribution < 1.29 is 31.2 Å². The molecule has 1 atom stereocenters. The summed E-state index contributed by atoms with van der Waals surface area (Å²) >= 11 is 6.34. The predicted octanol–water partition coefficient (Wildman–Crippen LogP) is 6.20. The first-order valence-corrected chi connectivity index (χ1v) is 15.1. The van der Waals surface area contributed by atoms with Crippen LogP contribution in [0.15, 0.2) is 77.7 Å². The minimum atomic E-state index is -4.75. The number of benzene rings is 3. The first-order chi connectivity index (χ1) is 19.8. The molecule has 0 unspecified atom stereocenters. The lowest BCUT2D eigenvalue weighted by Gasteiger charge is -2.32. The standard InChI is InChI=1S/C30H33ClF3N3O4S/c1-4-5-17-35-29(39)22(3)36(19-23-9-6-7-12-27(23)31)28(38)20-37(25-11-8-10-24(18-25)30(32,33)34)42(40,41)26-15-13-21(2)14-16-26/h6-16,18,22H,4-5,17,19-20H2,1-3H3,(H,35,39)/t22-/m1/s1. The number of nitrogens with zero attached hydrogens (tertiary/aromatic N) is 2. The maximum absolute atomic E-state index is 13.9. The van der Waals surface area contributed by atoms with Crippen molar-refractivity contribution in [2.24, 2.45) is 0 Å². The van der Waals surface area contributed by atoms with E-state index in [-0.39, 0.29) is 17.1 Å². The molecule has 0 radical (unpaired) electrons. The van der Waals surface area contributed by atoms with Crippen LogP contribution >= 0.6 is 11.6 Å². The van der Waals surface area contributed by atoms with Crippen molar-refractivity contribution in [3.63, 3.8) is 0 Å². The molecule has 0 bridgehead atoms. The number of hydrogen-bond acceptors (Lipinski definition) is 4. The van der Waals surface area contributed by atoms with Crippen LogP contribution in [-0.2, 0) is 32.3 Å². The Bertz CT molecular complexity index is 1500. The fourth-order valence-corrected chi connectivity index (χ4v) is 5.73. The quantitative estimate of drug-likeness (QED) is 0.244. The molecule has 0 heterocycles. The van der Waals surface area contributed by atoms with E-state index in [1.807, 2.05) is 6.92 Å². The third-order valence-corrected chi connectivity index (χ3v) is 8.80. The maximum Gasteiger partial charge on any atom is 0.416 e. The molecule has 0 aliphatic rings. The van der Waals surface area contributed by atoms with Gasteiger partial charge in [-0.15, -0.1) is 0 Å². The van der Waals surface area contributed by atoms with E-state index in [9.17, 15) is 31.2 Å². The van der Waals surface area contributed by atoms with Crippen LogP contribution in [0.4, 0.5) is 18.9 Å². The Balaban J connectivity index is 2.07. The number of hydrogen-bond donors (Lipinski definition) is 1. The molecule has 2 amide bonds. The van der Waals surface area contributed by atoms with E-state index in [2.05, 4.69) is 5.32 Å². The maximum atomic E-state index is 13.9. The highest BCUT2D eigenvalue weighted by atomic mass is 35.5. The van der Waals surface area contributed by atoms with Gasteiger partial charge < -0.3 is 10.2 Å². The molecular weight excluding hydrogens is 591 g/mol. The molecule has 0 aliphatic carbocycles. The van der Waals surface area contributed by atoms with Gasteiger partial charge in [0.2, 0.25) is 11.8 Å². The number of nitrogens with one attached hydrogen (secondary N) is 1. The Morgan fingerprint density at radius 1 is 1.00 bits per heavy atom. The highest BCUT2D eigenvalue weighted by Gasteiger charge is 2.35. The van der Waals surface area contributed by atoms with E-state index in [1.54, 1.807) is 43.3 Å². The van der Waals surface area contributed by atoms with E-state index in [4.69, 9.17) is 11.6 Å². The Hall–Kier alpha value is -3.57. The van der Waals surface area contributed by atoms with Crippen molar-refractivity contribution in [3.8, 4) is 0 Å². The lowest BCUT2D eigenvalue weighted by Crippen LogP contribution is -2.51. The summed E-state index contributed by atoms with van der Waals surface area (Å²) in [6.45, 7) is 4.59. The van der Waals surface area contributed by atoms with Gasteiger partial charge in [0.05, 0.1) is 16.1 Å². The van der Waals surface area contributed by atoms with E-state index in [0.29, 0.717) is 27.5 Å². The minimum Gasteiger partial charge on any atom is -0.354 e. The van der Waals surface area contributed by atoms with Gasteiger partial charge in [0, 0.05) is 18.1 Å². The average molecular weight is 624 g/mol. The van der Waals surface area contributed by atoms with Crippen LogP contribution in [-0.4, -0.2) is 44.3 Å². The van der Waals surface area contributed by atoms with Gasteiger partial charge in [-0.05, 0) is 62.2 Å². The Labute approximate surface area is 249 Å². The number of amides is 2. The zero-order valence-electron chi connectivity index (χ0n) is 23.5. The van der Waals surface area contributed by atoms with Gasteiger partial charge in [0.25, 0.3) is 10.0 Å². The number of rotatable bonds is 12. The molecule has 3 aromatic carbocycles. The molecule has 226 valence electrons. The first kappa shape index (κ1) is 32.9. The summed E-state index contributed by atoms with van der Waals surface area (Å²) in [5, 5.41) is 3.10. The van der Waals surface area contributed by atoms with E-state index in [1.165, 1.54) is 30.0 Å². The number of halogens is 4.